The first kappa shape index (κ1) is 20.6. The maximum Gasteiger partial charge on any atom is 0.161 e. The van der Waals surface area contributed by atoms with Crippen LogP contribution in [0.3, 0.4) is 0 Å². The third-order valence-electron chi connectivity index (χ3n) is 4.71. The quantitative estimate of drug-likeness (QED) is 0.489. The number of nitrogens with one attached hydrogen (secondary N) is 2. The summed E-state index contributed by atoms with van der Waals surface area (Å²) in [6.45, 7) is 5.58. The molecule has 0 bridgehead atoms. The predicted molar refractivity (Wildman–Crippen MR) is 106 cm³/mol. The lowest BCUT2D eigenvalue weighted by Gasteiger charge is -2.28. The topological polar surface area (TPSA) is 91.9 Å². The van der Waals surface area contributed by atoms with Crippen molar-refractivity contribution in [3.63, 3.8) is 0 Å². The van der Waals surface area contributed by atoms with Crippen LogP contribution in [0, 0.1) is 0 Å². The van der Waals surface area contributed by atoms with E-state index in [0.717, 1.165) is 51.4 Å². The molecule has 1 aromatic carbocycles. The molecule has 0 radical (unpaired) electrons. The SMILES string of the molecule is COc1cc(CNCCc2cn[nH]c2)ccc1OCC(O)CN1CCOCC1. The van der Waals surface area contributed by atoms with E-state index in [1.807, 2.05) is 30.6 Å². The Kier molecular flexibility index (Phi) is 8.10. The molecule has 2 aromatic rings. The van der Waals surface area contributed by atoms with Gasteiger partial charge in [0.2, 0.25) is 0 Å². The molecule has 1 aliphatic heterocycles. The van der Waals surface area contributed by atoms with Crippen molar-refractivity contribution in [3.8, 4) is 11.5 Å². The van der Waals surface area contributed by atoms with Crippen LogP contribution in [0.25, 0.3) is 0 Å². The molecule has 1 aromatic heterocycles. The average Bonchev–Trinajstić information content (AvgIpc) is 3.24. The maximum absolute atomic E-state index is 10.2. The molecule has 0 aliphatic carbocycles. The molecule has 1 fully saturated rings. The highest BCUT2D eigenvalue weighted by Crippen LogP contribution is 2.28. The third kappa shape index (κ3) is 6.49. The second-order valence-corrected chi connectivity index (χ2v) is 6.90. The fraction of sp³-hybridized carbons (Fsp3) is 0.550. The summed E-state index contributed by atoms with van der Waals surface area (Å²) in [5.74, 6) is 1.32. The van der Waals surface area contributed by atoms with Gasteiger partial charge in [0.05, 0.1) is 26.5 Å². The van der Waals surface area contributed by atoms with E-state index in [1.165, 1.54) is 5.56 Å². The van der Waals surface area contributed by atoms with Crippen LogP contribution in [0.1, 0.15) is 11.1 Å². The summed E-state index contributed by atoms with van der Waals surface area (Å²) in [6.07, 6.45) is 4.12. The second-order valence-electron chi connectivity index (χ2n) is 6.90. The Bertz CT molecular complexity index is 690. The van der Waals surface area contributed by atoms with Crippen LogP contribution in [0.2, 0.25) is 0 Å². The van der Waals surface area contributed by atoms with Crippen LogP contribution in [-0.4, -0.2) is 79.4 Å². The molecule has 8 heteroatoms. The zero-order valence-electron chi connectivity index (χ0n) is 16.4. The van der Waals surface area contributed by atoms with Gasteiger partial charge in [0, 0.05) is 32.4 Å². The lowest BCUT2D eigenvalue weighted by molar-refractivity contribution is 0.00445. The number of morpholine rings is 1. The van der Waals surface area contributed by atoms with Gasteiger partial charge >= 0.3 is 0 Å². The molecule has 28 heavy (non-hydrogen) atoms. The van der Waals surface area contributed by atoms with Crippen molar-refractivity contribution < 1.29 is 19.3 Å². The first-order valence-electron chi connectivity index (χ1n) is 9.71. The van der Waals surface area contributed by atoms with E-state index in [1.54, 1.807) is 7.11 Å². The van der Waals surface area contributed by atoms with Gasteiger partial charge in [0.25, 0.3) is 0 Å². The number of rotatable bonds is 11. The predicted octanol–water partition coefficient (Wildman–Crippen LogP) is 0.823. The van der Waals surface area contributed by atoms with Crippen LogP contribution in [0.5, 0.6) is 11.5 Å². The standard InChI is InChI=1S/C20H30N4O4/c1-26-20-10-16(11-21-5-4-17-12-22-23-13-17)2-3-19(20)28-15-18(25)14-24-6-8-27-9-7-24/h2-3,10,12-13,18,21,25H,4-9,11,14-15H2,1H3,(H,22,23). The van der Waals surface area contributed by atoms with Crippen molar-refractivity contribution in [1.82, 2.24) is 20.4 Å². The summed E-state index contributed by atoms with van der Waals surface area (Å²) in [7, 11) is 1.63. The number of aromatic nitrogens is 2. The van der Waals surface area contributed by atoms with Crippen LogP contribution >= 0.6 is 0 Å². The van der Waals surface area contributed by atoms with Crippen LogP contribution in [-0.2, 0) is 17.7 Å². The molecule has 154 valence electrons. The summed E-state index contributed by atoms with van der Waals surface area (Å²) >= 11 is 0. The van der Waals surface area contributed by atoms with Crippen molar-refractivity contribution in [2.24, 2.45) is 0 Å². The summed E-state index contributed by atoms with van der Waals surface area (Å²) in [5, 5.41) is 20.4. The number of β-amino-alcohol motifs (C(OH)–C–C–N with tert-alkyl or cyclic N) is 1. The fourth-order valence-corrected chi connectivity index (χ4v) is 3.14. The minimum absolute atomic E-state index is 0.232. The maximum atomic E-state index is 10.2. The van der Waals surface area contributed by atoms with Crippen LogP contribution in [0.4, 0.5) is 0 Å². The monoisotopic (exact) mass is 390 g/mol. The highest BCUT2D eigenvalue weighted by molar-refractivity contribution is 5.43. The van der Waals surface area contributed by atoms with E-state index in [2.05, 4.69) is 20.4 Å². The molecule has 1 unspecified atom stereocenters. The normalized spacial score (nSPS) is 16.1. The zero-order chi connectivity index (χ0) is 19.6. The number of aliphatic hydroxyl groups is 1. The average molecular weight is 390 g/mol. The number of nitrogens with zero attached hydrogens (tertiary/aromatic N) is 2. The van der Waals surface area contributed by atoms with Gasteiger partial charge in [0.1, 0.15) is 12.7 Å². The van der Waals surface area contributed by atoms with Gasteiger partial charge in [0.15, 0.2) is 11.5 Å². The molecule has 3 rings (SSSR count). The molecule has 2 heterocycles. The summed E-state index contributed by atoms with van der Waals surface area (Å²) < 4.78 is 16.6. The summed E-state index contributed by atoms with van der Waals surface area (Å²) in [6, 6.07) is 5.87. The fourth-order valence-electron chi connectivity index (χ4n) is 3.14. The number of ether oxygens (including phenoxy) is 3. The van der Waals surface area contributed by atoms with Crippen molar-refractivity contribution in [3.05, 3.63) is 41.7 Å². The van der Waals surface area contributed by atoms with E-state index in [4.69, 9.17) is 14.2 Å². The Morgan fingerprint density at radius 2 is 2.14 bits per heavy atom. The Balaban J connectivity index is 1.42. The minimum atomic E-state index is -0.549. The number of benzene rings is 1. The minimum Gasteiger partial charge on any atom is -0.493 e. The number of aromatic amines is 1. The van der Waals surface area contributed by atoms with Crippen LogP contribution < -0.4 is 14.8 Å². The van der Waals surface area contributed by atoms with Gasteiger partial charge in [-0.25, -0.2) is 0 Å². The van der Waals surface area contributed by atoms with E-state index >= 15 is 0 Å². The largest absolute Gasteiger partial charge is 0.493 e. The van der Waals surface area contributed by atoms with E-state index in [9.17, 15) is 5.11 Å². The molecule has 0 amide bonds. The van der Waals surface area contributed by atoms with Gasteiger partial charge in [-0.05, 0) is 36.2 Å². The first-order valence-corrected chi connectivity index (χ1v) is 9.71. The van der Waals surface area contributed by atoms with Crippen LogP contribution in [0.15, 0.2) is 30.6 Å². The van der Waals surface area contributed by atoms with Crippen molar-refractivity contribution in [2.75, 3.05) is 53.1 Å². The third-order valence-corrected chi connectivity index (χ3v) is 4.71. The van der Waals surface area contributed by atoms with Gasteiger partial charge in [-0.15, -0.1) is 0 Å². The number of methoxy groups -OCH3 is 1. The molecular weight excluding hydrogens is 360 g/mol. The van der Waals surface area contributed by atoms with Gasteiger partial charge in [-0.1, -0.05) is 6.07 Å². The Morgan fingerprint density at radius 3 is 2.89 bits per heavy atom. The summed E-state index contributed by atoms with van der Waals surface area (Å²) in [5.41, 5.74) is 2.30. The lowest BCUT2D eigenvalue weighted by Crippen LogP contribution is -2.42. The number of aliphatic hydroxyl groups excluding tert-OH is 1. The van der Waals surface area contributed by atoms with E-state index in [0.29, 0.717) is 18.0 Å². The molecular formula is C20H30N4O4. The molecule has 0 saturated carbocycles. The second kappa shape index (κ2) is 11.0. The van der Waals surface area contributed by atoms with Gasteiger partial charge in [-0.3, -0.25) is 10.00 Å². The van der Waals surface area contributed by atoms with E-state index in [-0.39, 0.29) is 6.61 Å². The molecule has 0 spiro atoms. The molecule has 1 atom stereocenters. The Labute approximate surface area is 165 Å². The first-order chi connectivity index (χ1) is 13.7. The Morgan fingerprint density at radius 1 is 1.29 bits per heavy atom. The van der Waals surface area contributed by atoms with Gasteiger partial charge < -0.3 is 24.6 Å². The number of hydrogen-bond acceptors (Lipinski definition) is 7. The Hall–Kier alpha value is -2.13. The highest BCUT2D eigenvalue weighted by Gasteiger charge is 2.16. The smallest absolute Gasteiger partial charge is 0.161 e. The molecule has 8 nitrogen and oxygen atoms in total. The van der Waals surface area contributed by atoms with Crippen molar-refractivity contribution in [1.29, 1.82) is 0 Å². The van der Waals surface area contributed by atoms with Crippen molar-refractivity contribution in [2.45, 2.75) is 19.1 Å². The lowest BCUT2D eigenvalue weighted by atomic mass is 10.2. The van der Waals surface area contributed by atoms with Crippen molar-refractivity contribution >= 4 is 0 Å². The van der Waals surface area contributed by atoms with E-state index < -0.39 is 6.10 Å². The number of H-pyrrole nitrogens is 1. The molecule has 1 aliphatic rings. The van der Waals surface area contributed by atoms with Gasteiger partial charge in [-0.2, -0.15) is 5.10 Å². The molecule has 1 saturated heterocycles. The zero-order valence-corrected chi connectivity index (χ0v) is 16.4. The number of hydrogen-bond donors (Lipinski definition) is 3. The summed E-state index contributed by atoms with van der Waals surface area (Å²) in [4.78, 5) is 2.19. The highest BCUT2D eigenvalue weighted by atomic mass is 16.5. The molecule has 3 N–H and O–H groups in total.